The number of aliphatic hydroxyl groups excluding tert-OH is 1. The first kappa shape index (κ1) is 12.3. The quantitative estimate of drug-likeness (QED) is 0.768. The molecule has 1 aliphatic carbocycles. The largest absolute Gasteiger partial charge is 0.390 e. The number of aliphatic hydroxyl groups is 1. The standard InChI is InChI=1S/C13H25NO2/c15-12-5-1-2-6-13(12)16-9-7-11-4-3-8-14-10-11/h11-15H,1-10H2. The van der Waals surface area contributed by atoms with Crippen molar-refractivity contribution in [3.05, 3.63) is 0 Å². The fourth-order valence-corrected chi connectivity index (χ4v) is 2.83. The average molecular weight is 227 g/mol. The second-order valence-corrected chi connectivity index (χ2v) is 5.26. The zero-order valence-electron chi connectivity index (χ0n) is 10.2. The summed E-state index contributed by atoms with van der Waals surface area (Å²) in [6, 6.07) is 0. The summed E-state index contributed by atoms with van der Waals surface area (Å²) in [6.07, 6.45) is 8.04. The first-order chi connectivity index (χ1) is 7.86. The number of piperidine rings is 1. The molecule has 1 heterocycles. The highest BCUT2D eigenvalue weighted by Crippen LogP contribution is 2.22. The van der Waals surface area contributed by atoms with Crippen LogP contribution in [0.25, 0.3) is 0 Å². The maximum absolute atomic E-state index is 9.77. The summed E-state index contributed by atoms with van der Waals surface area (Å²) in [4.78, 5) is 0. The fraction of sp³-hybridized carbons (Fsp3) is 1.00. The summed E-state index contributed by atoms with van der Waals surface area (Å²) >= 11 is 0. The van der Waals surface area contributed by atoms with Gasteiger partial charge in [-0.05, 0) is 51.1 Å². The third-order valence-corrected chi connectivity index (χ3v) is 3.92. The lowest BCUT2D eigenvalue weighted by Crippen LogP contribution is -2.34. The van der Waals surface area contributed by atoms with Crippen LogP contribution >= 0.6 is 0 Å². The van der Waals surface area contributed by atoms with Crippen LogP contribution in [0.15, 0.2) is 0 Å². The summed E-state index contributed by atoms with van der Waals surface area (Å²) in [5.74, 6) is 0.787. The van der Waals surface area contributed by atoms with Gasteiger partial charge in [-0.1, -0.05) is 12.8 Å². The monoisotopic (exact) mass is 227 g/mol. The molecule has 3 heteroatoms. The van der Waals surface area contributed by atoms with E-state index in [-0.39, 0.29) is 12.2 Å². The molecule has 2 aliphatic rings. The third-order valence-electron chi connectivity index (χ3n) is 3.92. The molecule has 16 heavy (non-hydrogen) atoms. The number of ether oxygens (including phenoxy) is 1. The van der Waals surface area contributed by atoms with Crippen LogP contribution in [-0.2, 0) is 4.74 Å². The van der Waals surface area contributed by atoms with Crippen LogP contribution in [0.4, 0.5) is 0 Å². The highest BCUT2D eigenvalue weighted by Gasteiger charge is 2.23. The van der Waals surface area contributed by atoms with Crippen molar-refractivity contribution < 1.29 is 9.84 Å². The van der Waals surface area contributed by atoms with Gasteiger partial charge in [0.15, 0.2) is 0 Å². The van der Waals surface area contributed by atoms with E-state index in [0.29, 0.717) is 0 Å². The van der Waals surface area contributed by atoms with Gasteiger partial charge in [0.05, 0.1) is 12.2 Å². The molecule has 1 saturated heterocycles. The predicted octanol–water partition coefficient (Wildman–Crippen LogP) is 1.70. The molecule has 2 rings (SSSR count). The van der Waals surface area contributed by atoms with Crippen LogP contribution in [0.2, 0.25) is 0 Å². The molecule has 94 valence electrons. The van der Waals surface area contributed by atoms with Gasteiger partial charge in [0.1, 0.15) is 0 Å². The second kappa shape index (κ2) is 6.58. The maximum atomic E-state index is 9.77. The molecule has 3 nitrogen and oxygen atoms in total. The van der Waals surface area contributed by atoms with Gasteiger partial charge in [0, 0.05) is 6.61 Å². The Morgan fingerprint density at radius 3 is 2.75 bits per heavy atom. The third kappa shape index (κ3) is 3.72. The Morgan fingerprint density at radius 1 is 1.12 bits per heavy atom. The molecular formula is C13H25NO2. The minimum Gasteiger partial charge on any atom is -0.390 e. The van der Waals surface area contributed by atoms with E-state index in [4.69, 9.17) is 4.74 Å². The SMILES string of the molecule is OC1CCCCC1OCCC1CCCNC1. The topological polar surface area (TPSA) is 41.5 Å². The van der Waals surface area contributed by atoms with Gasteiger partial charge in [-0.2, -0.15) is 0 Å². The van der Waals surface area contributed by atoms with Crippen LogP contribution < -0.4 is 5.32 Å². The van der Waals surface area contributed by atoms with Gasteiger partial charge in [-0.3, -0.25) is 0 Å². The van der Waals surface area contributed by atoms with E-state index in [2.05, 4.69) is 5.32 Å². The van der Waals surface area contributed by atoms with Gasteiger partial charge in [0.2, 0.25) is 0 Å². The van der Waals surface area contributed by atoms with Crippen molar-refractivity contribution >= 4 is 0 Å². The molecule has 1 aliphatic heterocycles. The Labute approximate surface area is 98.6 Å². The van der Waals surface area contributed by atoms with Gasteiger partial charge in [-0.25, -0.2) is 0 Å². The Morgan fingerprint density at radius 2 is 2.00 bits per heavy atom. The van der Waals surface area contributed by atoms with Crippen molar-refractivity contribution in [1.29, 1.82) is 0 Å². The molecule has 1 saturated carbocycles. The van der Waals surface area contributed by atoms with Crippen LogP contribution in [0.3, 0.4) is 0 Å². The van der Waals surface area contributed by atoms with Crippen LogP contribution in [0.1, 0.15) is 44.9 Å². The van der Waals surface area contributed by atoms with E-state index in [1.165, 1.54) is 25.8 Å². The molecule has 0 radical (unpaired) electrons. The zero-order chi connectivity index (χ0) is 11.2. The number of nitrogens with one attached hydrogen (secondary N) is 1. The molecule has 0 aromatic carbocycles. The first-order valence-corrected chi connectivity index (χ1v) is 6.86. The van der Waals surface area contributed by atoms with E-state index in [1.807, 2.05) is 0 Å². The van der Waals surface area contributed by atoms with Crippen molar-refractivity contribution in [2.45, 2.75) is 57.2 Å². The lowest BCUT2D eigenvalue weighted by atomic mass is 9.94. The summed E-state index contributed by atoms with van der Waals surface area (Å²) in [6.45, 7) is 3.16. The molecule has 0 bridgehead atoms. The lowest BCUT2D eigenvalue weighted by molar-refractivity contribution is -0.0621. The fourth-order valence-electron chi connectivity index (χ4n) is 2.83. The van der Waals surface area contributed by atoms with E-state index < -0.39 is 0 Å². The molecule has 3 unspecified atom stereocenters. The van der Waals surface area contributed by atoms with Crippen molar-refractivity contribution in [1.82, 2.24) is 5.32 Å². The Hall–Kier alpha value is -0.120. The van der Waals surface area contributed by atoms with E-state index in [1.54, 1.807) is 0 Å². The van der Waals surface area contributed by atoms with Crippen LogP contribution in [0.5, 0.6) is 0 Å². The van der Waals surface area contributed by atoms with Gasteiger partial charge < -0.3 is 15.2 Å². The van der Waals surface area contributed by atoms with Crippen molar-refractivity contribution in [2.24, 2.45) is 5.92 Å². The van der Waals surface area contributed by atoms with Crippen molar-refractivity contribution in [2.75, 3.05) is 19.7 Å². The molecular weight excluding hydrogens is 202 g/mol. The van der Waals surface area contributed by atoms with Gasteiger partial charge >= 0.3 is 0 Å². The van der Waals surface area contributed by atoms with Gasteiger partial charge in [-0.15, -0.1) is 0 Å². The molecule has 2 N–H and O–H groups in total. The molecule has 0 spiro atoms. The van der Waals surface area contributed by atoms with E-state index in [9.17, 15) is 5.11 Å². The molecule has 3 atom stereocenters. The number of hydrogen-bond acceptors (Lipinski definition) is 3. The highest BCUT2D eigenvalue weighted by molar-refractivity contribution is 4.75. The van der Waals surface area contributed by atoms with Gasteiger partial charge in [0.25, 0.3) is 0 Å². The normalized spacial score (nSPS) is 36.2. The highest BCUT2D eigenvalue weighted by atomic mass is 16.5. The summed E-state index contributed by atoms with van der Waals surface area (Å²) in [7, 11) is 0. The first-order valence-electron chi connectivity index (χ1n) is 6.86. The van der Waals surface area contributed by atoms with Crippen molar-refractivity contribution in [3.8, 4) is 0 Å². The summed E-state index contributed by atoms with van der Waals surface area (Å²) in [5, 5.41) is 13.2. The second-order valence-electron chi connectivity index (χ2n) is 5.26. The van der Waals surface area contributed by atoms with Crippen molar-refractivity contribution in [3.63, 3.8) is 0 Å². The Balaban J connectivity index is 1.59. The molecule has 0 amide bonds. The minimum absolute atomic E-state index is 0.116. The van der Waals surface area contributed by atoms with Crippen LogP contribution in [0, 0.1) is 5.92 Å². The van der Waals surface area contributed by atoms with E-state index >= 15 is 0 Å². The number of rotatable bonds is 4. The van der Waals surface area contributed by atoms with Crippen LogP contribution in [-0.4, -0.2) is 37.0 Å². The molecule has 0 aromatic rings. The minimum atomic E-state index is -0.210. The Kier molecular flexibility index (Phi) is 5.07. The Bertz CT molecular complexity index is 192. The summed E-state index contributed by atoms with van der Waals surface area (Å²) < 4.78 is 5.82. The van der Waals surface area contributed by atoms with E-state index in [0.717, 1.165) is 44.8 Å². The molecule has 2 fully saturated rings. The maximum Gasteiger partial charge on any atom is 0.0833 e. The average Bonchev–Trinajstić information content (AvgIpc) is 2.33. The zero-order valence-corrected chi connectivity index (χ0v) is 10.2. The summed E-state index contributed by atoms with van der Waals surface area (Å²) in [5.41, 5.74) is 0. The smallest absolute Gasteiger partial charge is 0.0833 e. The lowest BCUT2D eigenvalue weighted by Gasteiger charge is -2.29. The predicted molar refractivity (Wildman–Crippen MR) is 64.4 cm³/mol. The molecule has 0 aromatic heterocycles. The number of hydrogen-bond donors (Lipinski definition) is 2.